The minimum Gasteiger partial charge on any atom is -0.497 e. The van der Waals surface area contributed by atoms with Gasteiger partial charge in [-0.3, -0.25) is 0 Å². The number of hydrogen-bond donors (Lipinski definition) is 0. The van der Waals surface area contributed by atoms with Gasteiger partial charge in [-0.2, -0.15) is 0 Å². The Kier molecular flexibility index (Phi) is 2.67. The molecule has 0 N–H and O–H groups in total. The van der Waals surface area contributed by atoms with Gasteiger partial charge in [0.15, 0.2) is 0 Å². The second kappa shape index (κ2) is 4.07. The Balaban J connectivity index is 2.49. The molecule has 2 aromatic rings. The zero-order valence-electron chi connectivity index (χ0n) is 10.4. The number of hydrogen-bond acceptors (Lipinski definition) is 5. The molecule has 0 aromatic heterocycles. The summed E-state index contributed by atoms with van der Waals surface area (Å²) < 4.78 is 55.0. The molecule has 0 saturated carbocycles. The molecule has 20 heavy (non-hydrogen) atoms. The first-order chi connectivity index (χ1) is 9.39. The van der Waals surface area contributed by atoms with Crippen LogP contribution in [0.4, 0.5) is 0 Å². The van der Waals surface area contributed by atoms with Crippen LogP contribution in [-0.2, 0) is 19.7 Å². The van der Waals surface area contributed by atoms with Gasteiger partial charge in [0.25, 0.3) is 0 Å². The van der Waals surface area contributed by atoms with Crippen molar-refractivity contribution in [3.05, 3.63) is 42.5 Å². The minimum atomic E-state index is -3.86. The molecule has 0 saturated heterocycles. The van der Waals surface area contributed by atoms with Crippen LogP contribution in [0.5, 0.6) is 5.75 Å². The number of rotatable bonds is 1. The van der Waals surface area contributed by atoms with E-state index in [-0.39, 0.29) is 19.6 Å². The maximum Gasteiger partial charge on any atom is 0.209 e. The lowest BCUT2D eigenvalue weighted by Gasteiger charge is -2.20. The summed E-state index contributed by atoms with van der Waals surface area (Å²) >= 11 is 0. The van der Waals surface area contributed by atoms with Gasteiger partial charge in [-0.15, -0.1) is 0 Å². The van der Waals surface area contributed by atoms with E-state index in [9.17, 15) is 16.8 Å². The summed E-state index contributed by atoms with van der Waals surface area (Å²) in [5.41, 5.74) is 0. The predicted octanol–water partition coefficient (Wildman–Crippen LogP) is 1.67. The minimum absolute atomic E-state index is 0.183. The highest BCUT2D eigenvalue weighted by atomic mass is 32.2. The molecule has 0 atom stereocenters. The first-order valence-electron chi connectivity index (χ1n) is 5.66. The smallest absolute Gasteiger partial charge is 0.209 e. The van der Waals surface area contributed by atoms with Gasteiger partial charge in [0.05, 0.1) is 26.7 Å². The van der Waals surface area contributed by atoms with Crippen molar-refractivity contribution in [2.75, 3.05) is 7.11 Å². The van der Waals surface area contributed by atoms with Gasteiger partial charge >= 0.3 is 0 Å². The van der Waals surface area contributed by atoms with E-state index in [1.165, 1.54) is 49.6 Å². The van der Waals surface area contributed by atoms with Crippen molar-refractivity contribution in [1.29, 1.82) is 0 Å². The topological polar surface area (TPSA) is 77.5 Å². The first kappa shape index (κ1) is 13.1. The number of benzene rings is 2. The molecule has 1 aliphatic heterocycles. The van der Waals surface area contributed by atoms with Gasteiger partial charge < -0.3 is 4.74 Å². The summed E-state index contributed by atoms with van der Waals surface area (Å²) in [5, 5.41) is 0. The van der Waals surface area contributed by atoms with Crippen LogP contribution in [0, 0.1) is 0 Å². The third kappa shape index (κ3) is 1.60. The van der Waals surface area contributed by atoms with Gasteiger partial charge in [0, 0.05) is 6.07 Å². The molecule has 0 unspecified atom stereocenters. The molecular weight excluding hydrogens is 300 g/mol. The molecule has 7 heteroatoms. The Morgan fingerprint density at radius 1 is 0.750 bits per heavy atom. The molecule has 0 radical (unpaired) electrons. The van der Waals surface area contributed by atoms with Crippen LogP contribution in [0.15, 0.2) is 62.0 Å². The fourth-order valence-electron chi connectivity index (χ4n) is 2.18. The van der Waals surface area contributed by atoms with E-state index in [4.69, 9.17) is 4.74 Å². The first-order valence-corrected chi connectivity index (χ1v) is 8.63. The molecule has 0 aliphatic carbocycles. The summed E-state index contributed by atoms with van der Waals surface area (Å²) in [7, 11) is -6.31. The highest BCUT2D eigenvalue weighted by molar-refractivity contribution is 7.97. The average Bonchev–Trinajstić information content (AvgIpc) is 2.45. The van der Waals surface area contributed by atoms with Crippen LogP contribution in [-0.4, -0.2) is 23.9 Å². The lowest BCUT2D eigenvalue weighted by Crippen LogP contribution is -2.19. The van der Waals surface area contributed by atoms with Gasteiger partial charge in [0.2, 0.25) is 19.7 Å². The summed E-state index contributed by atoms with van der Waals surface area (Å²) in [6, 6.07) is 9.52. The second-order valence-electron chi connectivity index (χ2n) is 4.27. The number of ether oxygens (including phenoxy) is 1. The summed E-state index contributed by atoms with van der Waals surface area (Å²) in [5.74, 6) is 0.293. The summed E-state index contributed by atoms with van der Waals surface area (Å²) in [6.07, 6.45) is 0. The largest absolute Gasteiger partial charge is 0.497 e. The van der Waals surface area contributed by atoms with Crippen molar-refractivity contribution in [2.24, 2.45) is 0 Å². The molecule has 5 nitrogen and oxygen atoms in total. The number of fused-ring (bicyclic) bond motifs is 2. The van der Waals surface area contributed by atoms with E-state index in [0.29, 0.717) is 5.75 Å². The molecular formula is C13H10O5S2. The van der Waals surface area contributed by atoms with Crippen LogP contribution in [0.3, 0.4) is 0 Å². The summed E-state index contributed by atoms with van der Waals surface area (Å²) in [4.78, 5) is -0.828. The number of sulfone groups is 2. The van der Waals surface area contributed by atoms with Crippen molar-refractivity contribution >= 4 is 19.7 Å². The number of methoxy groups -OCH3 is 1. The Morgan fingerprint density at radius 2 is 1.25 bits per heavy atom. The van der Waals surface area contributed by atoms with Crippen LogP contribution in [0.2, 0.25) is 0 Å². The fourth-order valence-corrected chi connectivity index (χ4v) is 6.33. The third-order valence-electron chi connectivity index (χ3n) is 3.16. The normalized spacial score (nSPS) is 17.9. The van der Waals surface area contributed by atoms with Crippen LogP contribution < -0.4 is 4.74 Å². The molecule has 0 fully saturated rings. The van der Waals surface area contributed by atoms with Crippen molar-refractivity contribution in [2.45, 2.75) is 19.6 Å². The molecule has 3 rings (SSSR count). The van der Waals surface area contributed by atoms with Gasteiger partial charge in [-0.05, 0) is 24.3 Å². The Hall–Kier alpha value is -1.86. The zero-order chi connectivity index (χ0) is 14.5. The highest BCUT2D eigenvalue weighted by Crippen LogP contribution is 2.41. The van der Waals surface area contributed by atoms with Crippen molar-refractivity contribution in [1.82, 2.24) is 0 Å². The maximum absolute atomic E-state index is 12.5. The zero-order valence-corrected chi connectivity index (χ0v) is 12.0. The lowest BCUT2D eigenvalue weighted by atomic mass is 10.3. The van der Waals surface area contributed by atoms with Crippen LogP contribution in [0.25, 0.3) is 0 Å². The van der Waals surface area contributed by atoms with Gasteiger partial charge in [-0.1, -0.05) is 12.1 Å². The van der Waals surface area contributed by atoms with E-state index in [2.05, 4.69) is 0 Å². The van der Waals surface area contributed by atoms with E-state index < -0.39 is 19.7 Å². The Morgan fingerprint density at radius 3 is 1.80 bits per heavy atom. The summed E-state index contributed by atoms with van der Waals surface area (Å²) in [6.45, 7) is 0. The highest BCUT2D eigenvalue weighted by Gasteiger charge is 2.39. The molecule has 2 aromatic carbocycles. The van der Waals surface area contributed by atoms with E-state index >= 15 is 0 Å². The molecule has 0 bridgehead atoms. The van der Waals surface area contributed by atoms with Gasteiger partial charge in [0.1, 0.15) is 5.75 Å². The van der Waals surface area contributed by atoms with Crippen LogP contribution in [0.1, 0.15) is 0 Å². The predicted molar refractivity (Wildman–Crippen MR) is 70.3 cm³/mol. The molecule has 0 spiro atoms. The third-order valence-corrected chi connectivity index (χ3v) is 7.14. The molecule has 104 valence electrons. The van der Waals surface area contributed by atoms with E-state index in [1.54, 1.807) is 0 Å². The Bertz CT molecular complexity index is 912. The average molecular weight is 310 g/mol. The van der Waals surface area contributed by atoms with Crippen molar-refractivity contribution < 1.29 is 21.6 Å². The quantitative estimate of drug-likeness (QED) is 0.683. The van der Waals surface area contributed by atoms with Crippen molar-refractivity contribution in [3.8, 4) is 5.75 Å². The Labute approximate surface area is 116 Å². The van der Waals surface area contributed by atoms with E-state index in [1.807, 2.05) is 0 Å². The molecule has 1 heterocycles. The SMILES string of the molecule is COc1ccc2c(c1)S(=O)(=O)c1ccccc1S2(=O)=O. The maximum atomic E-state index is 12.5. The second-order valence-corrected chi connectivity index (χ2v) is 8.04. The standard InChI is InChI=1S/C13H10O5S2/c1-18-9-6-7-12-13(8-9)20(16,17)11-5-3-2-4-10(11)19(12,14)15/h2-8H,1H3. The monoisotopic (exact) mass is 310 g/mol. The van der Waals surface area contributed by atoms with Crippen molar-refractivity contribution in [3.63, 3.8) is 0 Å². The lowest BCUT2D eigenvalue weighted by molar-refractivity contribution is 0.412. The van der Waals surface area contributed by atoms with Crippen LogP contribution >= 0.6 is 0 Å². The van der Waals surface area contributed by atoms with Gasteiger partial charge in [-0.25, -0.2) is 16.8 Å². The van der Waals surface area contributed by atoms with E-state index in [0.717, 1.165) is 0 Å². The fraction of sp³-hybridized carbons (Fsp3) is 0.0769. The molecule has 0 amide bonds. The molecule has 1 aliphatic rings.